The number of fused-ring (bicyclic) bond motifs is 1. The Bertz CT molecular complexity index is 894. The van der Waals surface area contributed by atoms with Crippen LogP contribution in [0.3, 0.4) is 0 Å². The first-order valence-corrected chi connectivity index (χ1v) is 8.42. The summed E-state index contributed by atoms with van der Waals surface area (Å²) in [6, 6.07) is 9.81. The van der Waals surface area contributed by atoms with Gasteiger partial charge in [-0.3, -0.25) is 4.79 Å². The van der Waals surface area contributed by atoms with Crippen LogP contribution >= 0.6 is 11.6 Å². The lowest BCUT2D eigenvalue weighted by Gasteiger charge is -2.07. The van der Waals surface area contributed by atoms with Gasteiger partial charge in [0.25, 0.3) is 0 Å². The highest BCUT2D eigenvalue weighted by Gasteiger charge is 2.15. The molecule has 0 fully saturated rings. The summed E-state index contributed by atoms with van der Waals surface area (Å²) in [6.45, 7) is 6.01. The van der Waals surface area contributed by atoms with E-state index in [1.807, 2.05) is 44.2 Å². The second-order valence-corrected chi connectivity index (χ2v) is 6.42. The van der Waals surface area contributed by atoms with Crippen molar-refractivity contribution in [2.45, 2.75) is 33.6 Å². The van der Waals surface area contributed by atoms with Crippen LogP contribution in [0.1, 0.15) is 29.2 Å². The smallest absolute Gasteiger partial charge is 0.228 e. The van der Waals surface area contributed by atoms with Crippen LogP contribution in [-0.4, -0.2) is 5.91 Å². The van der Waals surface area contributed by atoms with Gasteiger partial charge >= 0.3 is 0 Å². The summed E-state index contributed by atoms with van der Waals surface area (Å²) in [5, 5.41) is 4.58. The SMILES string of the molecule is CCc1ccc(NC(=O)Cc2coc3cc(C)c(Cl)c(C)c23)cc1. The van der Waals surface area contributed by atoms with Crippen LogP contribution in [0.2, 0.25) is 5.02 Å². The molecule has 0 saturated carbocycles. The Balaban J connectivity index is 1.81. The quantitative estimate of drug-likeness (QED) is 0.686. The van der Waals surface area contributed by atoms with Gasteiger partial charge in [-0.05, 0) is 55.2 Å². The Morgan fingerprint density at radius 2 is 1.92 bits per heavy atom. The number of aryl methyl sites for hydroxylation is 3. The van der Waals surface area contributed by atoms with Gasteiger partial charge in [0.15, 0.2) is 0 Å². The molecule has 3 nitrogen and oxygen atoms in total. The maximum Gasteiger partial charge on any atom is 0.228 e. The number of nitrogens with one attached hydrogen (secondary N) is 1. The molecule has 0 unspecified atom stereocenters. The Kier molecular flexibility index (Phi) is 4.63. The third-order valence-corrected chi connectivity index (χ3v) is 4.87. The van der Waals surface area contributed by atoms with Crippen LogP contribution in [0.25, 0.3) is 11.0 Å². The normalized spacial score (nSPS) is 11.0. The molecule has 1 N–H and O–H groups in total. The highest BCUT2D eigenvalue weighted by Crippen LogP contribution is 2.32. The van der Waals surface area contributed by atoms with E-state index in [1.165, 1.54) is 5.56 Å². The van der Waals surface area contributed by atoms with Crippen molar-refractivity contribution in [1.29, 1.82) is 0 Å². The second-order valence-electron chi connectivity index (χ2n) is 6.04. The van der Waals surface area contributed by atoms with E-state index >= 15 is 0 Å². The summed E-state index contributed by atoms with van der Waals surface area (Å²) in [5.74, 6) is -0.0713. The summed E-state index contributed by atoms with van der Waals surface area (Å²) >= 11 is 6.34. The number of carbonyl (C=O) groups excluding carboxylic acids is 1. The zero-order chi connectivity index (χ0) is 17.3. The number of carbonyl (C=O) groups is 1. The number of hydrogen-bond donors (Lipinski definition) is 1. The standard InChI is InChI=1S/C20H20ClNO2/c1-4-14-5-7-16(8-6-14)22-18(23)10-15-11-24-17-9-12(2)20(21)13(3)19(15)17/h5-9,11H,4,10H2,1-3H3,(H,22,23). The van der Waals surface area contributed by atoms with Gasteiger partial charge in [-0.25, -0.2) is 0 Å². The van der Waals surface area contributed by atoms with E-state index in [9.17, 15) is 4.79 Å². The fourth-order valence-corrected chi connectivity index (χ4v) is 3.09. The van der Waals surface area contributed by atoms with Gasteiger partial charge in [0.2, 0.25) is 5.91 Å². The van der Waals surface area contributed by atoms with E-state index in [1.54, 1.807) is 6.26 Å². The minimum atomic E-state index is -0.0713. The highest BCUT2D eigenvalue weighted by molar-refractivity contribution is 6.33. The Morgan fingerprint density at radius 3 is 2.58 bits per heavy atom. The average Bonchev–Trinajstić information content (AvgIpc) is 2.95. The highest BCUT2D eigenvalue weighted by atomic mass is 35.5. The van der Waals surface area contributed by atoms with Gasteiger partial charge in [0.1, 0.15) is 5.58 Å². The lowest BCUT2D eigenvalue weighted by Crippen LogP contribution is -2.14. The molecule has 0 aliphatic heterocycles. The number of furan rings is 1. The monoisotopic (exact) mass is 341 g/mol. The summed E-state index contributed by atoms with van der Waals surface area (Å²) < 4.78 is 5.61. The van der Waals surface area contributed by atoms with Crippen LogP contribution in [0.4, 0.5) is 5.69 Å². The molecular formula is C20H20ClNO2. The Hall–Kier alpha value is -2.26. The first kappa shape index (κ1) is 16.6. The van der Waals surface area contributed by atoms with Crippen molar-refractivity contribution in [1.82, 2.24) is 0 Å². The summed E-state index contributed by atoms with van der Waals surface area (Å²) in [5.41, 5.74) is 5.60. The predicted octanol–water partition coefficient (Wildman–Crippen LogP) is 5.45. The predicted molar refractivity (Wildman–Crippen MR) is 98.9 cm³/mol. The van der Waals surface area contributed by atoms with Crippen LogP contribution < -0.4 is 5.32 Å². The van der Waals surface area contributed by atoms with Crippen molar-refractivity contribution in [2.75, 3.05) is 5.32 Å². The molecule has 0 radical (unpaired) electrons. The van der Waals surface area contributed by atoms with Gasteiger partial charge in [0.05, 0.1) is 12.7 Å². The minimum Gasteiger partial charge on any atom is -0.464 e. The Morgan fingerprint density at radius 1 is 1.21 bits per heavy atom. The van der Waals surface area contributed by atoms with Crippen molar-refractivity contribution in [2.24, 2.45) is 0 Å². The Labute approximate surface area is 146 Å². The number of amides is 1. The molecule has 0 aliphatic rings. The van der Waals surface area contributed by atoms with Crippen molar-refractivity contribution >= 4 is 34.2 Å². The maximum atomic E-state index is 12.4. The molecule has 3 rings (SSSR count). The number of anilines is 1. The molecular weight excluding hydrogens is 322 g/mol. The van der Waals surface area contributed by atoms with Crippen molar-refractivity contribution in [3.8, 4) is 0 Å². The topological polar surface area (TPSA) is 42.2 Å². The number of benzene rings is 2. The molecule has 0 spiro atoms. The molecule has 1 heterocycles. The number of rotatable bonds is 4. The third kappa shape index (κ3) is 3.17. The third-order valence-electron chi connectivity index (χ3n) is 4.29. The van der Waals surface area contributed by atoms with E-state index in [2.05, 4.69) is 12.2 Å². The van der Waals surface area contributed by atoms with Gasteiger partial charge in [-0.15, -0.1) is 0 Å². The molecule has 4 heteroatoms. The molecule has 2 aromatic carbocycles. The zero-order valence-electron chi connectivity index (χ0n) is 14.1. The lowest BCUT2D eigenvalue weighted by molar-refractivity contribution is -0.115. The van der Waals surface area contributed by atoms with Crippen molar-refractivity contribution in [3.05, 3.63) is 63.9 Å². The molecule has 0 bridgehead atoms. The summed E-state index contributed by atoms with van der Waals surface area (Å²) in [6.07, 6.45) is 2.88. The summed E-state index contributed by atoms with van der Waals surface area (Å²) in [7, 11) is 0. The van der Waals surface area contributed by atoms with E-state index in [0.29, 0.717) is 0 Å². The first-order valence-electron chi connectivity index (χ1n) is 8.04. The zero-order valence-corrected chi connectivity index (χ0v) is 14.8. The first-order chi connectivity index (χ1) is 11.5. The van der Waals surface area contributed by atoms with E-state index in [-0.39, 0.29) is 12.3 Å². The molecule has 3 aromatic rings. The molecule has 0 aliphatic carbocycles. The summed E-state index contributed by atoms with van der Waals surface area (Å²) in [4.78, 5) is 12.4. The minimum absolute atomic E-state index is 0.0713. The van der Waals surface area contributed by atoms with E-state index < -0.39 is 0 Å². The fraction of sp³-hybridized carbons (Fsp3) is 0.250. The van der Waals surface area contributed by atoms with Gasteiger partial charge in [0, 0.05) is 21.7 Å². The average molecular weight is 342 g/mol. The molecule has 1 amide bonds. The number of halogens is 1. The largest absolute Gasteiger partial charge is 0.464 e. The van der Waals surface area contributed by atoms with Crippen LogP contribution in [0.5, 0.6) is 0 Å². The van der Waals surface area contributed by atoms with Crippen LogP contribution in [0.15, 0.2) is 41.0 Å². The lowest BCUT2D eigenvalue weighted by atomic mass is 10.0. The van der Waals surface area contributed by atoms with Crippen LogP contribution in [-0.2, 0) is 17.6 Å². The van der Waals surface area contributed by atoms with E-state index in [0.717, 1.165) is 44.8 Å². The molecule has 0 atom stereocenters. The molecule has 24 heavy (non-hydrogen) atoms. The van der Waals surface area contributed by atoms with E-state index in [4.69, 9.17) is 16.0 Å². The van der Waals surface area contributed by atoms with Gasteiger partial charge < -0.3 is 9.73 Å². The number of hydrogen-bond acceptors (Lipinski definition) is 2. The second kappa shape index (κ2) is 6.70. The van der Waals surface area contributed by atoms with Crippen molar-refractivity contribution < 1.29 is 9.21 Å². The molecule has 0 saturated heterocycles. The van der Waals surface area contributed by atoms with Crippen LogP contribution in [0, 0.1) is 13.8 Å². The van der Waals surface area contributed by atoms with Gasteiger partial charge in [-0.1, -0.05) is 30.7 Å². The molecule has 124 valence electrons. The molecule has 1 aromatic heterocycles. The maximum absolute atomic E-state index is 12.4. The van der Waals surface area contributed by atoms with Gasteiger partial charge in [-0.2, -0.15) is 0 Å². The fourth-order valence-electron chi connectivity index (χ4n) is 2.94. The van der Waals surface area contributed by atoms with Crippen molar-refractivity contribution in [3.63, 3.8) is 0 Å².